The number of carbonyl (C=O) groups is 1. The predicted molar refractivity (Wildman–Crippen MR) is 90.7 cm³/mol. The molecular weight excluding hydrogens is 347 g/mol. The van der Waals surface area contributed by atoms with E-state index in [1.54, 1.807) is 12.1 Å². The number of para-hydroxylation sites is 2. The predicted octanol–water partition coefficient (Wildman–Crippen LogP) is 2.71. The first-order chi connectivity index (χ1) is 12.3. The summed E-state index contributed by atoms with van der Waals surface area (Å²) < 4.78 is 39.1. The maximum Gasteiger partial charge on any atom is 0.416 e. The number of fused-ring (bicyclic) bond motifs is 1. The fraction of sp³-hybridized carbons (Fsp3) is 0.222. The number of hydrogen-bond donors (Lipinski definition) is 2. The standard InChI is InChI=1S/C18H16F3N3O2/c19-18(20,21)13-7-5-12(6-8-13)11-16(25)22-9-10-24-15-4-2-1-3-14(15)23-17(24)26/h1-8H,9-11H2,(H,22,25)(H,23,26). The third-order valence-corrected chi connectivity index (χ3v) is 3.99. The van der Waals surface area contributed by atoms with Gasteiger partial charge in [-0.15, -0.1) is 0 Å². The highest BCUT2D eigenvalue weighted by Crippen LogP contribution is 2.29. The zero-order valence-corrected chi connectivity index (χ0v) is 13.6. The minimum atomic E-state index is -4.40. The second-order valence-electron chi connectivity index (χ2n) is 5.82. The van der Waals surface area contributed by atoms with Gasteiger partial charge in [0.05, 0.1) is 23.0 Å². The number of alkyl halides is 3. The maximum absolute atomic E-state index is 12.5. The van der Waals surface area contributed by atoms with Crippen LogP contribution < -0.4 is 11.0 Å². The number of rotatable bonds is 5. The summed E-state index contributed by atoms with van der Waals surface area (Å²) in [6.07, 6.45) is -4.42. The van der Waals surface area contributed by atoms with Crippen LogP contribution in [0.1, 0.15) is 11.1 Å². The van der Waals surface area contributed by atoms with Crippen LogP contribution in [0, 0.1) is 0 Å². The van der Waals surface area contributed by atoms with E-state index >= 15 is 0 Å². The first kappa shape index (κ1) is 17.8. The van der Waals surface area contributed by atoms with Gasteiger partial charge in [-0.05, 0) is 29.8 Å². The van der Waals surface area contributed by atoms with Gasteiger partial charge in [-0.25, -0.2) is 4.79 Å². The molecule has 8 heteroatoms. The summed E-state index contributed by atoms with van der Waals surface area (Å²) >= 11 is 0. The van der Waals surface area contributed by atoms with Crippen molar-refractivity contribution in [2.75, 3.05) is 6.54 Å². The summed E-state index contributed by atoms with van der Waals surface area (Å²) in [5.74, 6) is -0.322. The summed E-state index contributed by atoms with van der Waals surface area (Å²) in [5.41, 5.74) is 0.936. The Morgan fingerprint density at radius 2 is 1.77 bits per heavy atom. The normalized spacial score (nSPS) is 11.7. The molecule has 2 aromatic carbocycles. The Bertz CT molecular complexity index is 972. The van der Waals surface area contributed by atoms with Gasteiger partial charge < -0.3 is 10.3 Å². The number of aromatic amines is 1. The summed E-state index contributed by atoms with van der Waals surface area (Å²) in [6.45, 7) is 0.531. The molecule has 0 aliphatic rings. The van der Waals surface area contributed by atoms with Gasteiger partial charge in [-0.2, -0.15) is 13.2 Å². The smallest absolute Gasteiger partial charge is 0.354 e. The molecule has 5 nitrogen and oxygen atoms in total. The number of amides is 1. The molecule has 1 heterocycles. The molecule has 0 saturated heterocycles. The van der Waals surface area contributed by atoms with Crippen LogP contribution in [0.15, 0.2) is 53.3 Å². The average Bonchev–Trinajstić information content (AvgIpc) is 2.90. The van der Waals surface area contributed by atoms with Crippen LogP contribution in [0.4, 0.5) is 13.2 Å². The van der Waals surface area contributed by atoms with Gasteiger partial charge in [0.2, 0.25) is 5.91 Å². The number of halogens is 3. The van der Waals surface area contributed by atoms with Crippen LogP contribution in [-0.2, 0) is 23.9 Å². The van der Waals surface area contributed by atoms with Crippen LogP contribution in [0.25, 0.3) is 11.0 Å². The highest BCUT2D eigenvalue weighted by Gasteiger charge is 2.29. The van der Waals surface area contributed by atoms with Crippen LogP contribution in [0.3, 0.4) is 0 Å². The molecule has 0 saturated carbocycles. The first-order valence-corrected chi connectivity index (χ1v) is 7.95. The van der Waals surface area contributed by atoms with E-state index in [1.165, 1.54) is 16.7 Å². The number of nitrogens with one attached hydrogen (secondary N) is 2. The highest BCUT2D eigenvalue weighted by molar-refractivity contribution is 5.78. The molecular formula is C18H16F3N3O2. The Morgan fingerprint density at radius 3 is 2.46 bits per heavy atom. The van der Waals surface area contributed by atoms with E-state index in [1.807, 2.05) is 12.1 Å². The van der Waals surface area contributed by atoms with Crippen molar-refractivity contribution in [2.45, 2.75) is 19.1 Å². The minimum Gasteiger partial charge on any atom is -0.354 e. The van der Waals surface area contributed by atoms with Crippen molar-refractivity contribution >= 4 is 16.9 Å². The van der Waals surface area contributed by atoms with Gasteiger partial charge >= 0.3 is 11.9 Å². The summed E-state index contributed by atoms with van der Waals surface area (Å²) in [7, 11) is 0. The Kier molecular flexibility index (Phi) is 4.83. The van der Waals surface area contributed by atoms with Gasteiger partial charge in [-0.3, -0.25) is 9.36 Å². The number of hydrogen-bond acceptors (Lipinski definition) is 2. The molecule has 0 bridgehead atoms. The third-order valence-electron chi connectivity index (χ3n) is 3.99. The highest BCUT2D eigenvalue weighted by atomic mass is 19.4. The van der Waals surface area contributed by atoms with Crippen LogP contribution in [0.2, 0.25) is 0 Å². The molecule has 1 aromatic heterocycles. The molecule has 0 aliphatic heterocycles. The SMILES string of the molecule is O=C(Cc1ccc(C(F)(F)F)cc1)NCCn1c(=O)[nH]c2ccccc21. The van der Waals surface area contributed by atoms with Crippen molar-refractivity contribution in [2.24, 2.45) is 0 Å². The largest absolute Gasteiger partial charge is 0.416 e. The molecule has 26 heavy (non-hydrogen) atoms. The number of imidazole rings is 1. The zero-order valence-electron chi connectivity index (χ0n) is 13.6. The van der Waals surface area contributed by atoms with Crippen LogP contribution >= 0.6 is 0 Å². The van der Waals surface area contributed by atoms with Crippen molar-refractivity contribution < 1.29 is 18.0 Å². The van der Waals surface area contributed by atoms with E-state index in [0.717, 1.165) is 17.6 Å². The van der Waals surface area contributed by atoms with Crippen molar-refractivity contribution in [1.29, 1.82) is 0 Å². The fourth-order valence-corrected chi connectivity index (χ4v) is 2.70. The molecule has 0 aliphatic carbocycles. The topological polar surface area (TPSA) is 66.9 Å². The van der Waals surface area contributed by atoms with Crippen LogP contribution in [0.5, 0.6) is 0 Å². The lowest BCUT2D eigenvalue weighted by atomic mass is 10.1. The lowest BCUT2D eigenvalue weighted by molar-refractivity contribution is -0.137. The number of aromatic nitrogens is 2. The minimum absolute atomic E-state index is 0.0269. The Morgan fingerprint density at radius 1 is 1.08 bits per heavy atom. The van der Waals surface area contributed by atoms with Gasteiger partial charge in [0.1, 0.15) is 0 Å². The molecule has 0 atom stereocenters. The molecule has 0 spiro atoms. The lowest BCUT2D eigenvalue weighted by Crippen LogP contribution is -2.31. The molecule has 1 amide bonds. The Balaban J connectivity index is 1.56. The van der Waals surface area contributed by atoms with Crippen molar-refractivity contribution in [3.8, 4) is 0 Å². The van der Waals surface area contributed by atoms with Gasteiger partial charge in [0, 0.05) is 13.1 Å². The molecule has 136 valence electrons. The Labute approximate surface area is 146 Å². The van der Waals surface area contributed by atoms with E-state index < -0.39 is 11.7 Å². The summed E-state index contributed by atoms with van der Waals surface area (Å²) in [4.78, 5) is 26.6. The van der Waals surface area contributed by atoms with E-state index in [9.17, 15) is 22.8 Å². The molecule has 3 aromatic rings. The third kappa shape index (κ3) is 3.96. The molecule has 3 rings (SSSR count). The summed E-state index contributed by atoms with van der Waals surface area (Å²) in [6, 6.07) is 11.7. The number of carbonyl (C=O) groups excluding carboxylic acids is 1. The second kappa shape index (κ2) is 7.07. The number of benzene rings is 2. The molecule has 2 N–H and O–H groups in total. The van der Waals surface area contributed by atoms with Gasteiger partial charge in [-0.1, -0.05) is 24.3 Å². The van der Waals surface area contributed by atoms with E-state index in [-0.39, 0.29) is 24.6 Å². The molecule has 0 radical (unpaired) electrons. The van der Waals surface area contributed by atoms with Crippen molar-refractivity contribution in [3.63, 3.8) is 0 Å². The number of H-pyrrole nitrogens is 1. The molecule has 0 unspecified atom stereocenters. The monoisotopic (exact) mass is 363 g/mol. The number of nitrogens with zero attached hydrogens (tertiary/aromatic N) is 1. The van der Waals surface area contributed by atoms with Gasteiger partial charge in [0.25, 0.3) is 0 Å². The fourth-order valence-electron chi connectivity index (χ4n) is 2.70. The van der Waals surface area contributed by atoms with E-state index in [2.05, 4.69) is 10.3 Å². The van der Waals surface area contributed by atoms with Crippen molar-refractivity contribution in [1.82, 2.24) is 14.9 Å². The quantitative estimate of drug-likeness (QED) is 0.732. The second-order valence-corrected chi connectivity index (χ2v) is 5.82. The van der Waals surface area contributed by atoms with Crippen molar-refractivity contribution in [3.05, 3.63) is 70.1 Å². The maximum atomic E-state index is 12.5. The average molecular weight is 363 g/mol. The summed E-state index contributed by atoms with van der Waals surface area (Å²) in [5, 5.41) is 2.67. The lowest BCUT2D eigenvalue weighted by Gasteiger charge is -2.08. The Hall–Kier alpha value is -3.03. The zero-order chi connectivity index (χ0) is 18.7. The van der Waals surface area contributed by atoms with E-state index in [4.69, 9.17) is 0 Å². The van der Waals surface area contributed by atoms with Gasteiger partial charge in [0.15, 0.2) is 0 Å². The van der Waals surface area contributed by atoms with Crippen LogP contribution in [-0.4, -0.2) is 22.0 Å². The first-order valence-electron chi connectivity index (χ1n) is 7.95. The van der Waals surface area contributed by atoms with E-state index in [0.29, 0.717) is 17.6 Å². The molecule has 0 fully saturated rings.